The molecule has 0 atom stereocenters. The molecule has 2 heterocycles. The van der Waals surface area contributed by atoms with E-state index in [0.717, 1.165) is 0 Å². The lowest BCUT2D eigenvalue weighted by atomic mass is 10.0. The number of rotatable bonds is 2. The molecule has 1 aliphatic heterocycles. The number of fused-ring (bicyclic) bond motifs is 2. The maximum atomic E-state index is 12.6. The molecule has 8 heteroatoms. The average Bonchev–Trinajstić information content (AvgIpc) is 3.03. The highest BCUT2D eigenvalue weighted by Crippen LogP contribution is 2.37. The van der Waals surface area contributed by atoms with Crippen molar-refractivity contribution in [2.75, 3.05) is 0 Å². The molecular formula is C16H8ClN3O4. The topological polar surface area (TPSA) is 109 Å². The van der Waals surface area contributed by atoms with Gasteiger partial charge in [0.05, 0.1) is 21.7 Å². The van der Waals surface area contributed by atoms with Crippen LogP contribution in [0.4, 0.5) is 11.4 Å². The first-order valence-electron chi connectivity index (χ1n) is 6.88. The van der Waals surface area contributed by atoms with E-state index in [1.807, 2.05) is 0 Å². The highest BCUT2D eigenvalue weighted by Gasteiger charge is 2.30. The van der Waals surface area contributed by atoms with Crippen molar-refractivity contribution in [1.29, 1.82) is 0 Å². The van der Waals surface area contributed by atoms with Crippen molar-refractivity contribution in [2.45, 2.75) is 0 Å². The number of hydrogen-bond donors (Lipinski definition) is 2. The number of benzene rings is 2. The molecule has 0 saturated carbocycles. The lowest BCUT2D eigenvalue weighted by Gasteiger charge is -1.99. The molecule has 7 nitrogen and oxygen atoms in total. The lowest BCUT2D eigenvalue weighted by Crippen LogP contribution is -2.10. The standard InChI is InChI=1S/C16H8ClN3O4/c17-7-1-3-12-10(5-7)15(21)14(18-12)13-9-6-8(20(23)24)2-4-11(9)19-16(13)22/h1-6,19,22H. The van der Waals surface area contributed by atoms with Crippen LogP contribution >= 0.6 is 11.6 Å². The van der Waals surface area contributed by atoms with Crippen LogP contribution in [0.2, 0.25) is 5.02 Å². The van der Waals surface area contributed by atoms with Gasteiger partial charge in [-0.25, -0.2) is 4.99 Å². The van der Waals surface area contributed by atoms with Gasteiger partial charge in [0, 0.05) is 28.1 Å². The maximum absolute atomic E-state index is 12.6. The van der Waals surface area contributed by atoms with Crippen molar-refractivity contribution in [1.82, 2.24) is 4.98 Å². The van der Waals surface area contributed by atoms with Gasteiger partial charge in [-0.1, -0.05) is 11.6 Å². The largest absolute Gasteiger partial charge is 0.494 e. The van der Waals surface area contributed by atoms with Crippen molar-refractivity contribution in [3.8, 4) is 5.88 Å². The highest BCUT2D eigenvalue weighted by atomic mass is 35.5. The molecule has 0 fully saturated rings. The minimum Gasteiger partial charge on any atom is -0.494 e. The van der Waals surface area contributed by atoms with Crippen LogP contribution < -0.4 is 0 Å². The fourth-order valence-electron chi connectivity index (χ4n) is 2.77. The lowest BCUT2D eigenvalue weighted by molar-refractivity contribution is -0.384. The molecule has 1 aromatic heterocycles. The third-order valence-corrected chi connectivity index (χ3v) is 4.10. The van der Waals surface area contributed by atoms with Gasteiger partial charge in [0.1, 0.15) is 5.71 Å². The number of H-pyrrole nitrogens is 1. The molecule has 0 amide bonds. The molecular weight excluding hydrogens is 334 g/mol. The summed E-state index contributed by atoms with van der Waals surface area (Å²) in [6.07, 6.45) is 0. The van der Waals surface area contributed by atoms with E-state index in [-0.39, 0.29) is 22.8 Å². The van der Waals surface area contributed by atoms with Gasteiger partial charge in [0.2, 0.25) is 5.78 Å². The summed E-state index contributed by atoms with van der Waals surface area (Å²) in [6, 6.07) is 8.81. The van der Waals surface area contributed by atoms with Gasteiger partial charge in [0.15, 0.2) is 5.88 Å². The number of Topliss-reactive ketones (excluding diaryl/α,β-unsaturated/α-hetero) is 1. The molecule has 118 valence electrons. The van der Waals surface area contributed by atoms with Gasteiger partial charge >= 0.3 is 0 Å². The number of aromatic hydroxyl groups is 1. The van der Waals surface area contributed by atoms with Crippen LogP contribution in [-0.4, -0.2) is 26.5 Å². The van der Waals surface area contributed by atoms with Gasteiger partial charge < -0.3 is 10.1 Å². The minimum absolute atomic E-state index is 0.0246. The third-order valence-electron chi connectivity index (χ3n) is 3.86. The third kappa shape index (κ3) is 1.99. The molecule has 2 N–H and O–H groups in total. The van der Waals surface area contributed by atoms with Crippen LogP contribution in [0.3, 0.4) is 0 Å². The second-order valence-corrected chi connectivity index (χ2v) is 5.72. The molecule has 3 aromatic rings. The van der Waals surface area contributed by atoms with Gasteiger partial charge in [0.25, 0.3) is 5.69 Å². The summed E-state index contributed by atoms with van der Waals surface area (Å²) in [6.45, 7) is 0. The zero-order valence-corrected chi connectivity index (χ0v) is 12.7. The molecule has 0 bridgehead atoms. The summed E-state index contributed by atoms with van der Waals surface area (Å²) >= 11 is 5.91. The molecule has 4 rings (SSSR count). The predicted octanol–water partition coefficient (Wildman–Crippen LogP) is 3.75. The first-order chi connectivity index (χ1) is 11.5. The summed E-state index contributed by atoms with van der Waals surface area (Å²) in [7, 11) is 0. The number of carbonyl (C=O) groups is 1. The number of carbonyl (C=O) groups excluding carboxylic acids is 1. The van der Waals surface area contributed by atoms with E-state index < -0.39 is 10.7 Å². The Hall–Kier alpha value is -3.19. The molecule has 0 spiro atoms. The smallest absolute Gasteiger partial charge is 0.270 e. The summed E-state index contributed by atoms with van der Waals surface area (Å²) in [4.78, 5) is 30.0. The van der Waals surface area contributed by atoms with Crippen molar-refractivity contribution in [3.63, 3.8) is 0 Å². The van der Waals surface area contributed by atoms with E-state index in [9.17, 15) is 20.0 Å². The van der Waals surface area contributed by atoms with E-state index in [0.29, 0.717) is 27.2 Å². The Bertz CT molecular complexity index is 1080. The fourth-order valence-corrected chi connectivity index (χ4v) is 2.95. The van der Waals surface area contributed by atoms with Crippen molar-refractivity contribution < 1.29 is 14.8 Å². The number of aliphatic imine (C=N–C) groups is 1. The molecule has 24 heavy (non-hydrogen) atoms. The molecule has 1 aliphatic rings. The quantitative estimate of drug-likeness (QED) is 0.546. The average molecular weight is 342 g/mol. The first kappa shape index (κ1) is 14.4. The number of nitro groups is 1. The molecule has 0 saturated heterocycles. The fraction of sp³-hybridized carbons (Fsp3) is 0. The Labute approximate surface area is 139 Å². The maximum Gasteiger partial charge on any atom is 0.270 e. The Kier molecular flexibility index (Phi) is 2.94. The molecule has 2 aromatic carbocycles. The number of aromatic nitrogens is 1. The van der Waals surface area contributed by atoms with Crippen molar-refractivity contribution in [3.05, 3.63) is 62.7 Å². The van der Waals surface area contributed by atoms with E-state index in [1.54, 1.807) is 12.1 Å². The van der Waals surface area contributed by atoms with Crippen molar-refractivity contribution in [2.24, 2.45) is 4.99 Å². The molecule has 0 aliphatic carbocycles. The van der Waals surface area contributed by atoms with Gasteiger partial charge in [-0.2, -0.15) is 0 Å². The van der Waals surface area contributed by atoms with Crippen LogP contribution in [0, 0.1) is 10.1 Å². The zero-order chi connectivity index (χ0) is 17.0. The first-order valence-corrected chi connectivity index (χ1v) is 7.26. The van der Waals surface area contributed by atoms with E-state index in [1.165, 1.54) is 24.3 Å². The number of aromatic amines is 1. The number of non-ortho nitro benzene ring substituents is 1. The Morgan fingerprint density at radius 1 is 1.21 bits per heavy atom. The van der Waals surface area contributed by atoms with Crippen LogP contribution in [-0.2, 0) is 0 Å². The summed E-state index contributed by atoms with van der Waals surface area (Å²) in [5.74, 6) is -0.660. The molecule has 0 radical (unpaired) electrons. The van der Waals surface area contributed by atoms with E-state index in [2.05, 4.69) is 9.98 Å². The second-order valence-electron chi connectivity index (χ2n) is 5.29. The number of ketones is 1. The van der Waals surface area contributed by atoms with Gasteiger partial charge in [-0.15, -0.1) is 0 Å². The summed E-state index contributed by atoms with van der Waals surface area (Å²) in [5, 5.41) is 21.9. The van der Waals surface area contributed by atoms with Gasteiger partial charge in [-0.05, 0) is 24.3 Å². The summed E-state index contributed by atoms with van der Waals surface area (Å²) < 4.78 is 0. The number of nitrogens with one attached hydrogen (secondary N) is 1. The minimum atomic E-state index is -0.542. The van der Waals surface area contributed by atoms with E-state index in [4.69, 9.17) is 11.6 Å². The Balaban J connectivity index is 1.94. The second kappa shape index (κ2) is 4.90. The van der Waals surface area contributed by atoms with Crippen LogP contribution in [0.5, 0.6) is 5.88 Å². The predicted molar refractivity (Wildman–Crippen MR) is 88.6 cm³/mol. The van der Waals surface area contributed by atoms with Gasteiger partial charge in [-0.3, -0.25) is 14.9 Å². The van der Waals surface area contributed by atoms with Crippen LogP contribution in [0.25, 0.3) is 10.9 Å². The SMILES string of the molecule is O=C1C(c2c(O)[nH]c3ccc([N+](=O)[O-])cc23)=Nc2ccc(Cl)cc21. The Morgan fingerprint density at radius 2 is 2.00 bits per heavy atom. The zero-order valence-electron chi connectivity index (χ0n) is 11.9. The highest BCUT2D eigenvalue weighted by molar-refractivity contribution is 6.57. The number of nitro benzene ring substituents is 1. The summed E-state index contributed by atoms with van der Waals surface area (Å²) in [5.41, 5.74) is 1.27. The Morgan fingerprint density at radius 3 is 2.75 bits per heavy atom. The van der Waals surface area contributed by atoms with E-state index >= 15 is 0 Å². The van der Waals surface area contributed by atoms with Crippen molar-refractivity contribution >= 4 is 45.4 Å². The number of nitrogens with zero attached hydrogens (tertiary/aromatic N) is 2. The van der Waals surface area contributed by atoms with Crippen LogP contribution in [0.1, 0.15) is 15.9 Å². The normalized spacial score (nSPS) is 13.2. The number of halogens is 1. The molecule has 0 unspecified atom stereocenters. The monoisotopic (exact) mass is 341 g/mol. The number of hydrogen-bond acceptors (Lipinski definition) is 5. The van der Waals surface area contributed by atoms with Crippen LogP contribution in [0.15, 0.2) is 41.4 Å².